The van der Waals surface area contributed by atoms with E-state index >= 15 is 0 Å². The van der Waals surface area contributed by atoms with Gasteiger partial charge in [-0.15, -0.1) is 0 Å². The van der Waals surface area contributed by atoms with Crippen LogP contribution in [0.25, 0.3) is 11.4 Å². The van der Waals surface area contributed by atoms with Crippen molar-refractivity contribution in [3.05, 3.63) is 66.5 Å². The molecule has 7 heteroatoms. The van der Waals surface area contributed by atoms with Gasteiger partial charge in [-0.2, -0.15) is 0 Å². The van der Waals surface area contributed by atoms with Crippen LogP contribution >= 0.6 is 0 Å². The quantitative estimate of drug-likeness (QED) is 0.612. The number of fused-ring (bicyclic) bond motifs is 1. The molecule has 158 valence electrons. The fraction of sp³-hybridized carbons (Fsp3) is 0.375. The molecule has 4 heterocycles. The zero-order chi connectivity index (χ0) is 21.2. The molecule has 31 heavy (non-hydrogen) atoms. The van der Waals surface area contributed by atoms with Gasteiger partial charge in [0.1, 0.15) is 11.4 Å². The maximum absolute atomic E-state index is 13.7. The van der Waals surface area contributed by atoms with Crippen LogP contribution in [0.3, 0.4) is 0 Å². The number of ether oxygens (including phenoxy) is 1. The summed E-state index contributed by atoms with van der Waals surface area (Å²) in [6.45, 7) is 3.23. The highest BCUT2D eigenvalue weighted by atomic mass is 16.5. The molecule has 3 aromatic heterocycles. The van der Waals surface area contributed by atoms with Gasteiger partial charge in [0.2, 0.25) is 0 Å². The van der Waals surface area contributed by atoms with E-state index in [2.05, 4.69) is 19.9 Å². The summed E-state index contributed by atoms with van der Waals surface area (Å²) in [6, 6.07) is 9.46. The topological polar surface area (TPSA) is 81.1 Å². The third kappa shape index (κ3) is 4.26. The van der Waals surface area contributed by atoms with E-state index < -0.39 is 0 Å². The van der Waals surface area contributed by atoms with Crippen LogP contribution in [0.2, 0.25) is 0 Å². The number of nitrogens with zero attached hydrogens (tertiary/aromatic N) is 5. The Bertz CT molecular complexity index is 1060. The number of aryl methyl sites for hydroxylation is 1. The zero-order valence-corrected chi connectivity index (χ0v) is 17.5. The highest BCUT2D eigenvalue weighted by Gasteiger charge is 2.47. The second-order valence-electron chi connectivity index (χ2n) is 8.35. The van der Waals surface area contributed by atoms with Crippen molar-refractivity contribution in [3.8, 4) is 17.1 Å². The van der Waals surface area contributed by atoms with Crippen molar-refractivity contribution in [2.45, 2.75) is 32.2 Å². The number of aromatic nitrogens is 4. The monoisotopic (exact) mass is 415 g/mol. The lowest BCUT2D eigenvalue weighted by atomic mass is 9.98. The first kappa shape index (κ1) is 19.6. The Morgan fingerprint density at radius 3 is 2.77 bits per heavy atom. The number of hydrogen-bond donors (Lipinski definition) is 0. The molecule has 2 aliphatic rings. The number of amides is 1. The summed E-state index contributed by atoms with van der Waals surface area (Å²) in [5.41, 5.74) is 1.92. The van der Waals surface area contributed by atoms with E-state index in [0.717, 1.165) is 36.7 Å². The van der Waals surface area contributed by atoms with Crippen LogP contribution in [0.15, 0.2) is 55.1 Å². The van der Waals surface area contributed by atoms with E-state index in [4.69, 9.17) is 4.74 Å². The van der Waals surface area contributed by atoms with Crippen LogP contribution in [0.1, 0.15) is 35.4 Å². The highest BCUT2D eigenvalue weighted by molar-refractivity contribution is 5.98. The Morgan fingerprint density at radius 1 is 1.10 bits per heavy atom. The van der Waals surface area contributed by atoms with E-state index in [9.17, 15) is 4.79 Å². The highest BCUT2D eigenvalue weighted by Crippen LogP contribution is 2.48. The average molecular weight is 415 g/mol. The van der Waals surface area contributed by atoms with Gasteiger partial charge in [0.15, 0.2) is 5.82 Å². The number of piperidine rings is 1. The summed E-state index contributed by atoms with van der Waals surface area (Å²) in [7, 11) is 0. The lowest BCUT2D eigenvalue weighted by Gasteiger charge is -2.35. The number of pyridine rings is 2. The zero-order valence-electron chi connectivity index (χ0n) is 17.5. The Labute approximate surface area is 181 Å². The SMILES string of the molecule is Cc1ccc(-c2ncccn2)c(C(=O)N2CC3CC3CC2CCOc2cccnc2)n1. The van der Waals surface area contributed by atoms with Crippen molar-refractivity contribution in [2.75, 3.05) is 13.2 Å². The first-order valence-corrected chi connectivity index (χ1v) is 10.8. The van der Waals surface area contributed by atoms with Crippen molar-refractivity contribution in [1.82, 2.24) is 24.8 Å². The molecule has 3 atom stereocenters. The maximum atomic E-state index is 13.7. The van der Waals surface area contributed by atoms with Crippen molar-refractivity contribution in [2.24, 2.45) is 11.8 Å². The molecule has 0 N–H and O–H groups in total. The summed E-state index contributed by atoms with van der Waals surface area (Å²) < 4.78 is 5.87. The molecule has 1 aliphatic carbocycles. The molecule has 3 unspecified atom stereocenters. The minimum atomic E-state index is -0.0390. The molecule has 7 nitrogen and oxygen atoms in total. The third-order valence-electron chi connectivity index (χ3n) is 6.17. The van der Waals surface area contributed by atoms with Gasteiger partial charge < -0.3 is 9.64 Å². The second-order valence-corrected chi connectivity index (χ2v) is 8.35. The maximum Gasteiger partial charge on any atom is 0.273 e. The molecule has 0 spiro atoms. The van der Waals surface area contributed by atoms with Gasteiger partial charge >= 0.3 is 0 Å². The molecule has 1 aliphatic heterocycles. The molecular formula is C24H25N5O2. The predicted octanol–water partition coefficient (Wildman–Crippen LogP) is 3.56. The first-order valence-electron chi connectivity index (χ1n) is 10.8. The summed E-state index contributed by atoms with van der Waals surface area (Å²) in [5, 5.41) is 0. The van der Waals surface area contributed by atoms with Crippen LogP contribution in [0.5, 0.6) is 5.75 Å². The smallest absolute Gasteiger partial charge is 0.273 e. The van der Waals surface area contributed by atoms with Crippen LogP contribution in [0, 0.1) is 18.8 Å². The Balaban J connectivity index is 1.37. The Morgan fingerprint density at radius 2 is 1.97 bits per heavy atom. The summed E-state index contributed by atoms with van der Waals surface area (Å²) in [6.07, 6.45) is 9.83. The number of rotatable bonds is 6. The first-order chi connectivity index (χ1) is 15.2. The fourth-order valence-electron chi connectivity index (χ4n) is 4.44. The van der Waals surface area contributed by atoms with Crippen molar-refractivity contribution in [1.29, 1.82) is 0 Å². The molecule has 0 radical (unpaired) electrons. The van der Waals surface area contributed by atoms with Crippen LogP contribution in [-0.4, -0.2) is 49.9 Å². The van der Waals surface area contributed by atoms with Gasteiger partial charge in [-0.25, -0.2) is 15.0 Å². The summed E-state index contributed by atoms with van der Waals surface area (Å²) in [4.78, 5) is 33.1. The van der Waals surface area contributed by atoms with E-state index in [-0.39, 0.29) is 11.9 Å². The molecule has 3 aromatic rings. The van der Waals surface area contributed by atoms with Gasteiger partial charge in [0.25, 0.3) is 5.91 Å². The molecule has 0 aromatic carbocycles. The number of likely N-dealkylation sites (tertiary alicyclic amines) is 1. The van der Waals surface area contributed by atoms with Gasteiger partial charge in [-0.1, -0.05) is 0 Å². The second kappa shape index (κ2) is 8.41. The fourth-order valence-corrected chi connectivity index (χ4v) is 4.44. The lowest BCUT2D eigenvalue weighted by molar-refractivity contribution is 0.0561. The minimum Gasteiger partial charge on any atom is -0.492 e. The largest absolute Gasteiger partial charge is 0.492 e. The molecule has 1 amide bonds. The van der Waals surface area contributed by atoms with Crippen molar-refractivity contribution >= 4 is 5.91 Å². The van der Waals surface area contributed by atoms with Crippen molar-refractivity contribution in [3.63, 3.8) is 0 Å². The predicted molar refractivity (Wildman–Crippen MR) is 115 cm³/mol. The Kier molecular flexibility index (Phi) is 5.32. The molecular weight excluding hydrogens is 390 g/mol. The molecule has 1 saturated heterocycles. The normalized spacial score (nSPS) is 22.0. The van der Waals surface area contributed by atoms with Gasteiger partial charge in [-0.05, 0) is 61.9 Å². The van der Waals surface area contributed by atoms with E-state index in [1.165, 1.54) is 6.42 Å². The van der Waals surface area contributed by atoms with Gasteiger partial charge in [0.05, 0.1) is 18.4 Å². The molecule has 5 rings (SSSR count). The van der Waals surface area contributed by atoms with E-state index in [0.29, 0.717) is 29.6 Å². The molecule has 2 fully saturated rings. The standard InChI is InChI=1S/C24H25N5O2/c1-16-5-6-21(23-26-9-3-10-27-23)22(28-16)24(30)29-15-18-12-17(18)13-19(29)7-11-31-20-4-2-8-25-14-20/h2-6,8-10,14,17-19H,7,11-13,15H2,1H3. The average Bonchev–Trinajstić information content (AvgIpc) is 3.58. The van der Waals surface area contributed by atoms with Crippen LogP contribution < -0.4 is 4.74 Å². The molecule has 0 bridgehead atoms. The van der Waals surface area contributed by atoms with Gasteiger partial charge in [-0.3, -0.25) is 9.78 Å². The van der Waals surface area contributed by atoms with Crippen LogP contribution in [0.4, 0.5) is 0 Å². The minimum absolute atomic E-state index is 0.0390. The van der Waals surface area contributed by atoms with Gasteiger partial charge in [0, 0.05) is 43.3 Å². The number of carbonyl (C=O) groups excluding carboxylic acids is 1. The third-order valence-corrected chi connectivity index (χ3v) is 6.17. The molecule has 1 saturated carbocycles. The summed E-state index contributed by atoms with van der Waals surface area (Å²) >= 11 is 0. The van der Waals surface area contributed by atoms with E-state index in [1.54, 1.807) is 30.9 Å². The summed E-state index contributed by atoms with van der Waals surface area (Å²) in [5.74, 6) is 2.58. The lowest BCUT2D eigenvalue weighted by Crippen LogP contribution is -2.46. The number of carbonyl (C=O) groups is 1. The van der Waals surface area contributed by atoms with Crippen LogP contribution in [-0.2, 0) is 0 Å². The number of hydrogen-bond acceptors (Lipinski definition) is 6. The van der Waals surface area contributed by atoms with E-state index in [1.807, 2.05) is 36.1 Å². The van der Waals surface area contributed by atoms with Crippen molar-refractivity contribution < 1.29 is 9.53 Å². The Hall–Kier alpha value is -3.35.